The first kappa shape index (κ1) is 17.5. The van der Waals surface area contributed by atoms with Crippen molar-refractivity contribution in [2.75, 3.05) is 10.0 Å². The van der Waals surface area contributed by atoms with Crippen LogP contribution in [0, 0.1) is 13.8 Å². The third kappa shape index (κ3) is 3.56. The van der Waals surface area contributed by atoms with Crippen LogP contribution in [0.1, 0.15) is 37.5 Å². The highest BCUT2D eigenvalue weighted by Crippen LogP contribution is 2.37. The molecule has 0 saturated heterocycles. The summed E-state index contributed by atoms with van der Waals surface area (Å²) in [5.74, 6) is 0. The Labute approximate surface area is 150 Å². The molecule has 0 unspecified atom stereocenters. The third-order valence-electron chi connectivity index (χ3n) is 4.40. The molecular formula is C20H24N2O2S. The molecule has 0 spiro atoms. The van der Waals surface area contributed by atoms with Crippen LogP contribution in [0.15, 0.2) is 47.4 Å². The number of benzene rings is 2. The molecule has 0 amide bonds. The van der Waals surface area contributed by atoms with E-state index in [1.807, 2.05) is 26.0 Å². The van der Waals surface area contributed by atoms with Crippen molar-refractivity contribution in [2.24, 2.45) is 0 Å². The zero-order valence-electron chi connectivity index (χ0n) is 15.3. The first-order chi connectivity index (χ1) is 11.6. The Hall–Kier alpha value is -2.27. The summed E-state index contributed by atoms with van der Waals surface area (Å²) < 4.78 is 28.1. The molecule has 0 aliphatic carbocycles. The molecule has 4 nitrogen and oxygen atoms in total. The third-order valence-corrected chi connectivity index (χ3v) is 5.78. The Bertz CT molecular complexity index is 956. The minimum atomic E-state index is -3.61. The molecule has 2 aromatic carbocycles. The zero-order valence-corrected chi connectivity index (χ0v) is 16.1. The fourth-order valence-corrected chi connectivity index (χ4v) is 4.29. The van der Waals surface area contributed by atoms with Crippen LogP contribution in [-0.4, -0.2) is 14.0 Å². The summed E-state index contributed by atoms with van der Waals surface area (Å²) in [6.07, 6.45) is 2.16. The van der Waals surface area contributed by atoms with Gasteiger partial charge in [-0.1, -0.05) is 23.8 Å². The van der Waals surface area contributed by atoms with E-state index >= 15 is 0 Å². The molecule has 2 N–H and O–H groups in total. The van der Waals surface area contributed by atoms with Gasteiger partial charge in [0.05, 0.1) is 16.1 Å². The molecule has 2 aromatic rings. The maximum absolute atomic E-state index is 12.7. The predicted molar refractivity (Wildman–Crippen MR) is 105 cm³/mol. The van der Waals surface area contributed by atoms with Gasteiger partial charge in [-0.3, -0.25) is 4.72 Å². The fraction of sp³-hybridized carbons (Fsp3) is 0.300. The molecule has 5 heteroatoms. The Morgan fingerprint density at radius 1 is 1.00 bits per heavy atom. The van der Waals surface area contributed by atoms with E-state index in [9.17, 15) is 8.42 Å². The molecule has 3 rings (SSSR count). The SMILES string of the molecule is CC1=CC(C)(C)Nc2cc(C)c(NS(=O)(=O)c3ccc(C)cc3)cc21. The van der Waals surface area contributed by atoms with Gasteiger partial charge in [0, 0.05) is 11.3 Å². The van der Waals surface area contributed by atoms with E-state index in [0.29, 0.717) is 5.69 Å². The maximum atomic E-state index is 12.7. The lowest BCUT2D eigenvalue weighted by molar-refractivity contribution is 0.601. The molecule has 1 aliphatic heterocycles. The fourth-order valence-electron chi connectivity index (χ4n) is 3.17. The summed E-state index contributed by atoms with van der Waals surface area (Å²) in [4.78, 5) is 0.266. The molecule has 0 aromatic heterocycles. The molecular weight excluding hydrogens is 332 g/mol. The van der Waals surface area contributed by atoms with Gasteiger partial charge in [0.1, 0.15) is 0 Å². The van der Waals surface area contributed by atoms with E-state index in [1.165, 1.54) is 0 Å². The highest BCUT2D eigenvalue weighted by Gasteiger charge is 2.24. The molecule has 0 saturated carbocycles. The molecule has 25 heavy (non-hydrogen) atoms. The van der Waals surface area contributed by atoms with Crippen LogP contribution in [0.2, 0.25) is 0 Å². The standard InChI is InChI=1S/C20H24N2O2S/c1-13-6-8-16(9-7-13)25(23,24)22-18-11-17-15(3)12-20(4,5)21-19(17)10-14(18)2/h6-12,21-22H,1-5H3. The maximum Gasteiger partial charge on any atom is 0.261 e. The minimum Gasteiger partial charge on any atom is -0.376 e. The summed E-state index contributed by atoms with van der Waals surface area (Å²) in [6.45, 7) is 10.1. The number of rotatable bonds is 3. The van der Waals surface area contributed by atoms with E-state index in [-0.39, 0.29) is 10.4 Å². The highest BCUT2D eigenvalue weighted by molar-refractivity contribution is 7.92. The van der Waals surface area contributed by atoms with E-state index in [4.69, 9.17) is 0 Å². The van der Waals surface area contributed by atoms with Crippen molar-refractivity contribution >= 4 is 27.0 Å². The molecule has 0 fully saturated rings. The van der Waals surface area contributed by atoms with E-state index in [2.05, 4.69) is 36.9 Å². The number of hydrogen-bond acceptors (Lipinski definition) is 3. The molecule has 0 atom stereocenters. The van der Waals surface area contributed by atoms with Crippen LogP contribution < -0.4 is 10.0 Å². The van der Waals surface area contributed by atoms with Gasteiger partial charge in [-0.05, 0) is 70.0 Å². The van der Waals surface area contributed by atoms with Gasteiger partial charge in [-0.2, -0.15) is 0 Å². The lowest BCUT2D eigenvalue weighted by Gasteiger charge is -2.32. The van der Waals surface area contributed by atoms with Crippen molar-refractivity contribution in [3.05, 3.63) is 59.2 Å². The van der Waals surface area contributed by atoms with Gasteiger partial charge in [0.2, 0.25) is 0 Å². The number of allylic oxidation sites excluding steroid dienone is 1. The average molecular weight is 356 g/mol. The average Bonchev–Trinajstić information content (AvgIpc) is 2.48. The van der Waals surface area contributed by atoms with Crippen LogP contribution in [0.25, 0.3) is 5.57 Å². The van der Waals surface area contributed by atoms with Gasteiger partial charge < -0.3 is 5.32 Å². The number of aryl methyl sites for hydroxylation is 2. The summed E-state index contributed by atoms with van der Waals surface area (Å²) in [5, 5.41) is 3.48. The molecule has 0 radical (unpaired) electrons. The number of fused-ring (bicyclic) bond motifs is 1. The largest absolute Gasteiger partial charge is 0.376 e. The van der Waals surface area contributed by atoms with Crippen molar-refractivity contribution < 1.29 is 8.42 Å². The van der Waals surface area contributed by atoms with Crippen LogP contribution in [-0.2, 0) is 10.0 Å². The predicted octanol–water partition coefficient (Wildman–Crippen LogP) is 4.71. The summed E-state index contributed by atoms with van der Waals surface area (Å²) in [6, 6.07) is 10.8. The van der Waals surface area contributed by atoms with Gasteiger partial charge in [0.15, 0.2) is 0 Å². The summed E-state index contributed by atoms with van der Waals surface area (Å²) in [5.41, 5.74) is 5.58. The van der Waals surface area contributed by atoms with Crippen LogP contribution in [0.4, 0.5) is 11.4 Å². The van der Waals surface area contributed by atoms with Gasteiger partial charge >= 0.3 is 0 Å². The van der Waals surface area contributed by atoms with E-state index in [0.717, 1.165) is 28.0 Å². The molecule has 1 heterocycles. The van der Waals surface area contributed by atoms with Gasteiger partial charge in [-0.25, -0.2) is 8.42 Å². The van der Waals surface area contributed by atoms with Gasteiger partial charge in [0.25, 0.3) is 10.0 Å². The molecule has 132 valence electrons. The van der Waals surface area contributed by atoms with Crippen molar-refractivity contribution in [1.29, 1.82) is 0 Å². The second-order valence-corrected chi connectivity index (χ2v) is 8.99. The normalized spacial score (nSPS) is 15.8. The van der Waals surface area contributed by atoms with Gasteiger partial charge in [-0.15, -0.1) is 0 Å². The Morgan fingerprint density at radius 2 is 1.64 bits per heavy atom. The smallest absolute Gasteiger partial charge is 0.261 e. The first-order valence-electron chi connectivity index (χ1n) is 8.29. The number of nitrogens with one attached hydrogen (secondary N) is 2. The number of hydrogen-bond donors (Lipinski definition) is 2. The Morgan fingerprint density at radius 3 is 2.28 bits per heavy atom. The van der Waals surface area contributed by atoms with E-state index in [1.54, 1.807) is 24.3 Å². The quantitative estimate of drug-likeness (QED) is 0.837. The lowest BCUT2D eigenvalue weighted by Crippen LogP contribution is -2.31. The lowest BCUT2D eigenvalue weighted by atomic mass is 9.90. The Balaban J connectivity index is 1.99. The number of anilines is 2. The topological polar surface area (TPSA) is 58.2 Å². The Kier molecular flexibility index (Phi) is 4.15. The molecule has 0 bridgehead atoms. The molecule has 1 aliphatic rings. The van der Waals surface area contributed by atoms with E-state index < -0.39 is 10.0 Å². The minimum absolute atomic E-state index is 0.119. The van der Waals surface area contributed by atoms with Crippen molar-refractivity contribution in [1.82, 2.24) is 0 Å². The van der Waals surface area contributed by atoms with Crippen LogP contribution in [0.3, 0.4) is 0 Å². The first-order valence-corrected chi connectivity index (χ1v) is 9.78. The highest BCUT2D eigenvalue weighted by atomic mass is 32.2. The zero-order chi connectivity index (χ0) is 18.4. The number of sulfonamides is 1. The van der Waals surface area contributed by atoms with Crippen molar-refractivity contribution in [3.63, 3.8) is 0 Å². The van der Waals surface area contributed by atoms with Crippen molar-refractivity contribution in [2.45, 2.75) is 45.1 Å². The second kappa shape index (κ2) is 5.92. The van der Waals surface area contributed by atoms with Crippen LogP contribution >= 0.6 is 0 Å². The van der Waals surface area contributed by atoms with Crippen molar-refractivity contribution in [3.8, 4) is 0 Å². The monoisotopic (exact) mass is 356 g/mol. The summed E-state index contributed by atoms with van der Waals surface area (Å²) in [7, 11) is -3.61. The second-order valence-electron chi connectivity index (χ2n) is 7.31. The summed E-state index contributed by atoms with van der Waals surface area (Å²) >= 11 is 0. The van der Waals surface area contributed by atoms with Crippen LogP contribution in [0.5, 0.6) is 0 Å².